The van der Waals surface area contributed by atoms with Crippen molar-refractivity contribution in [2.45, 2.75) is 44.2 Å². The van der Waals surface area contributed by atoms with Gasteiger partial charge >= 0.3 is 0 Å². The van der Waals surface area contributed by atoms with Gasteiger partial charge in [-0.1, -0.05) is 6.07 Å². The highest BCUT2D eigenvalue weighted by atomic mass is 16.5. The van der Waals surface area contributed by atoms with Crippen LogP contribution in [0, 0.1) is 0 Å². The fourth-order valence-electron chi connectivity index (χ4n) is 3.70. The molecule has 1 atom stereocenters. The Balaban J connectivity index is 1.41. The van der Waals surface area contributed by atoms with E-state index < -0.39 is 0 Å². The Morgan fingerprint density at radius 3 is 2.86 bits per heavy atom. The van der Waals surface area contributed by atoms with Gasteiger partial charge in [0, 0.05) is 30.8 Å². The monoisotopic (exact) mass is 377 g/mol. The first-order valence-electron chi connectivity index (χ1n) is 9.97. The van der Waals surface area contributed by atoms with Gasteiger partial charge in [0.15, 0.2) is 11.5 Å². The van der Waals surface area contributed by atoms with Crippen molar-refractivity contribution in [1.82, 2.24) is 14.9 Å². The maximum atomic E-state index is 13.3. The molecule has 2 fully saturated rings. The van der Waals surface area contributed by atoms with Crippen LogP contribution in [0.25, 0.3) is 11.1 Å². The molecule has 0 radical (unpaired) electrons. The number of ether oxygens (including phenoxy) is 1. The quantitative estimate of drug-likeness (QED) is 0.651. The molecule has 1 saturated carbocycles. The van der Waals surface area contributed by atoms with Gasteiger partial charge in [0.25, 0.3) is 5.91 Å². The minimum Gasteiger partial charge on any atom is -0.440 e. The van der Waals surface area contributed by atoms with Crippen LogP contribution in [0.15, 0.2) is 47.0 Å². The minimum absolute atomic E-state index is 0.0348. The lowest BCUT2D eigenvalue weighted by Crippen LogP contribution is -2.37. The number of aromatic nitrogens is 2. The molecular formula is C22H23N3O3. The lowest BCUT2D eigenvalue weighted by atomic mass is 10.1. The Morgan fingerprint density at radius 2 is 2.11 bits per heavy atom. The van der Waals surface area contributed by atoms with E-state index in [0.717, 1.165) is 49.4 Å². The van der Waals surface area contributed by atoms with Crippen LogP contribution in [0.3, 0.4) is 0 Å². The zero-order valence-electron chi connectivity index (χ0n) is 15.7. The van der Waals surface area contributed by atoms with Crippen LogP contribution in [0.1, 0.15) is 53.5 Å². The number of amides is 1. The van der Waals surface area contributed by atoms with Crippen LogP contribution in [-0.2, 0) is 11.3 Å². The summed E-state index contributed by atoms with van der Waals surface area (Å²) in [5.74, 6) is 1.21. The fourth-order valence-corrected chi connectivity index (χ4v) is 3.70. The van der Waals surface area contributed by atoms with Gasteiger partial charge in [0.05, 0.1) is 18.3 Å². The number of hydrogen-bond acceptors (Lipinski definition) is 5. The number of pyridine rings is 1. The second-order valence-electron chi connectivity index (χ2n) is 7.65. The summed E-state index contributed by atoms with van der Waals surface area (Å²) in [7, 11) is 0. The predicted octanol–water partition coefficient (Wildman–Crippen LogP) is 3.92. The second-order valence-corrected chi connectivity index (χ2v) is 7.65. The number of carbonyl (C=O) groups excluding carboxylic acids is 1. The van der Waals surface area contributed by atoms with Crippen molar-refractivity contribution >= 4 is 17.0 Å². The third-order valence-electron chi connectivity index (χ3n) is 5.39. The summed E-state index contributed by atoms with van der Waals surface area (Å²) in [5.41, 5.74) is 2.97. The van der Waals surface area contributed by atoms with Gasteiger partial charge in [-0.15, -0.1) is 0 Å². The molecule has 1 amide bonds. The second kappa shape index (κ2) is 7.36. The van der Waals surface area contributed by atoms with Crippen molar-refractivity contribution in [2.75, 3.05) is 13.2 Å². The highest BCUT2D eigenvalue weighted by Crippen LogP contribution is 2.40. The SMILES string of the molecule is O=C(c1ccc2nc(C3CC3)oc2c1)N(Cc1ccccn1)C[C@@H]1CCCO1. The first-order chi connectivity index (χ1) is 13.8. The van der Waals surface area contributed by atoms with E-state index in [1.54, 1.807) is 6.20 Å². The normalized spacial score (nSPS) is 19.2. The molecule has 3 heterocycles. The van der Waals surface area contributed by atoms with Crippen molar-refractivity contribution in [3.8, 4) is 0 Å². The number of hydrogen-bond donors (Lipinski definition) is 0. The zero-order chi connectivity index (χ0) is 18.9. The summed E-state index contributed by atoms with van der Waals surface area (Å²) in [6.45, 7) is 1.79. The van der Waals surface area contributed by atoms with Crippen molar-refractivity contribution in [3.63, 3.8) is 0 Å². The minimum atomic E-state index is -0.0348. The van der Waals surface area contributed by atoms with Crippen molar-refractivity contribution in [3.05, 3.63) is 59.7 Å². The lowest BCUT2D eigenvalue weighted by Gasteiger charge is -2.25. The van der Waals surface area contributed by atoms with Crippen LogP contribution in [0.2, 0.25) is 0 Å². The number of oxazole rings is 1. The van der Waals surface area contributed by atoms with Gasteiger partial charge in [-0.25, -0.2) is 4.98 Å². The molecular weight excluding hydrogens is 354 g/mol. The highest BCUT2D eigenvalue weighted by Gasteiger charge is 2.29. The summed E-state index contributed by atoms with van der Waals surface area (Å²) in [6.07, 6.45) is 6.14. The molecule has 0 unspecified atom stereocenters. The fraction of sp³-hybridized carbons (Fsp3) is 0.409. The standard InChI is InChI=1S/C22H23N3O3/c26-22(16-8-9-19-20(12-16)28-21(24-19)15-6-7-15)25(14-18-5-3-11-27-18)13-17-4-1-2-10-23-17/h1-2,4,8-10,12,15,18H,3,5-7,11,13-14H2/t18-/m0/s1. The molecule has 2 aliphatic rings. The van der Waals surface area contributed by atoms with E-state index in [1.807, 2.05) is 41.3 Å². The third kappa shape index (κ3) is 3.64. The first-order valence-corrected chi connectivity index (χ1v) is 9.97. The molecule has 5 rings (SSSR count). The van der Waals surface area contributed by atoms with Gasteiger partial charge in [-0.3, -0.25) is 9.78 Å². The molecule has 6 nitrogen and oxygen atoms in total. The van der Waals surface area contributed by atoms with E-state index in [4.69, 9.17) is 9.15 Å². The average molecular weight is 377 g/mol. The lowest BCUT2D eigenvalue weighted by molar-refractivity contribution is 0.0504. The number of nitrogens with zero attached hydrogens (tertiary/aromatic N) is 3. The largest absolute Gasteiger partial charge is 0.440 e. The topological polar surface area (TPSA) is 68.5 Å². The van der Waals surface area contributed by atoms with E-state index in [9.17, 15) is 4.79 Å². The molecule has 28 heavy (non-hydrogen) atoms. The molecule has 0 N–H and O–H groups in total. The van der Waals surface area contributed by atoms with Crippen LogP contribution in [0.5, 0.6) is 0 Å². The molecule has 1 saturated heterocycles. The van der Waals surface area contributed by atoms with E-state index in [1.165, 1.54) is 0 Å². The van der Waals surface area contributed by atoms with Crippen molar-refractivity contribution < 1.29 is 13.9 Å². The Morgan fingerprint density at radius 1 is 1.18 bits per heavy atom. The van der Waals surface area contributed by atoms with Crippen LogP contribution in [-0.4, -0.2) is 40.0 Å². The molecule has 2 aromatic heterocycles. The van der Waals surface area contributed by atoms with Gasteiger partial charge in [0.1, 0.15) is 5.52 Å². The summed E-state index contributed by atoms with van der Waals surface area (Å²) < 4.78 is 11.7. The highest BCUT2D eigenvalue weighted by molar-refractivity contribution is 5.97. The van der Waals surface area contributed by atoms with Gasteiger partial charge in [-0.05, 0) is 56.0 Å². The summed E-state index contributed by atoms with van der Waals surface area (Å²) >= 11 is 0. The van der Waals surface area contributed by atoms with Gasteiger partial charge in [0.2, 0.25) is 0 Å². The first kappa shape index (κ1) is 17.4. The van der Waals surface area contributed by atoms with Crippen LogP contribution < -0.4 is 0 Å². The van der Waals surface area contributed by atoms with E-state index in [2.05, 4.69) is 9.97 Å². The third-order valence-corrected chi connectivity index (χ3v) is 5.39. The average Bonchev–Trinajstić information content (AvgIpc) is 3.28. The molecule has 144 valence electrons. The smallest absolute Gasteiger partial charge is 0.254 e. The summed E-state index contributed by atoms with van der Waals surface area (Å²) in [6, 6.07) is 11.3. The summed E-state index contributed by atoms with van der Waals surface area (Å²) in [4.78, 5) is 24.1. The molecule has 0 bridgehead atoms. The molecule has 3 aromatic rings. The van der Waals surface area contributed by atoms with Crippen LogP contribution in [0.4, 0.5) is 0 Å². The zero-order valence-corrected chi connectivity index (χ0v) is 15.7. The van der Waals surface area contributed by atoms with E-state index >= 15 is 0 Å². The van der Waals surface area contributed by atoms with Crippen molar-refractivity contribution in [1.29, 1.82) is 0 Å². The van der Waals surface area contributed by atoms with Gasteiger partial charge in [-0.2, -0.15) is 0 Å². The predicted molar refractivity (Wildman–Crippen MR) is 104 cm³/mol. The van der Waals surface area contributed by atoms with E-state index in [0.29, 0.717) is 30.2 Å². The Kier molecular flexibility index (Phi) is 4.56. The molecule has 1 aromatic carbocycles. The van der Waals surface area contributed by atoms with Gasteiger partial charge < -0.3 is 14.1 Å². The van der Waals surface area contributed by atoms with E-state index in [-0.39, 0.29) is 12.0 Å². The number of fused-ring (bicyclic) bond motifs is 1. The molecule has 1 aliphatic heterocycles. The maximum absolute atomic E-state index is 13.3. The molecule has 6 heteroatoms. The summed E-state index contributed by atoms with van der Waals surface area (Å²) in [5, 5.41) is 0. The Labute approximate surface area is 163 Å². The number of rotatable bonds is 6. The van der Waals surface area contributed by atoms with Crippen molar-refractivity contribution in [2.24, 2.45) is 0 Å². The number of carbonyl (C=O) groups is 1. The number of benzene rings is 1. The Bertz CT molecular complexity index is 975. The van der Waals surface area contributed by atoms with Crippen LogP contribution >= 0.6 is 0 Å². The maximum Gasteiger partial charge on any atom is 0.254 e. The molecule has 1 aliphatic carbocycles. The molecule has 0 spiro atoms. The Hall–Kier alpha value is -2.73.